The summed E-state index contributed by atoms with van der Waals surface area (Å²) >= 11 is 1.76. The molecule has 1 heterocycles. The van der Waals surface area contributed by atoms with Gasteiger partial charge in [-0.1, -0.05) is 6.92 Å². The zero-order chi connectivity index (χ0) is 12.1. The van der Waals surface area contributed by atoms with Crippen molar-refractivity contribution in [2.24, 2.45) is 10.2 Å². The predicted octanol–water partition coefficient (Wildman–Crippen LogP) is 2.28. The van der Waals surface area contributed by atoms with Crippen LogP contribution in [0.5, 0.6) is 5.75 Å². The normalized spacial score (nSPS) is 14.9. The number of hydrogen-bond donors (Lipinski definition) is 1. The maximum atomic E-state index is 9.19. The third kappa shape index (κ3) is 3.23. The van der Waals surface area contributed by atoms with E-state index < -0.39 is 0 Å². The zero-order valence-corrected chi connectivity index (χ0v) is 10.4. The highest BCUT2D eigenvalue weighted by molar-refractivity contribution is 7.99. The minimum Gasteiger partial charge on any atom is -0.508 e. The third-order valence-electron chi connectivity index (χ3n) is 2.29. The Hall–Kier alpha value is -1.49. The maximum absolute atomic E-state index is 9.19. The average Bonchev–Trinajstić information content (AvgIpc) is 2.38. The van der Waals surface area contributed by atoms with Gasteiger partial charge in [0, 0.05) is 5.56 Å². The molecule has 1 aromatic rings. The monoisotopic (exact) mass is 250 g/mol. The summed E-state index contributed by atoms with van der Waals surface area (Å²) < 4.78 is 5.51. The van der Waals surface area contributed by atoms with Gasteiger partial charge in [-0.15, -0.1) is 10.2 Å². The largest absolute Gasteiger partial charge is 0.508 e. The summed E-state index contributed by atoms with van der Waals surface area (Å²) in [7, 11) is 0. The van der Waals surface area contributed by atoms with E-state index >= 15 is 0 Å². The van der Waals surface area contributed by atoms with Gasteiger partial charge in [0.1, 0.15) is 18.1 Å². The zero-order valence-electron chi connectivity index (χ0n) is 9.59. The molecule has 0 saturated heterocycles. The van der Waals surface area contributed by atoms with E-state index in [0.717, 1.165) is 22.8 Å². The van der Waals surface area contributed by atoms with Crippen LogP contribution in [0.15, 0.2) is 34.5 Å². The second-order valence-corrected chi connectivity index (χ2v) is 4.79. The first-order valence-electron chi connectivity index (χ1n) is 5.43. The minimum atomic E-state index is 0.245. The summed E-state index contributed by atoms with van der Waals surface area (Å²) in [6.07, 6.45) is 0. The summed E-state index contributed by atoms with van der Waals surface area (Å²) in [5, 5.41) is 17.4. The molecular formula is C12H14N2O2S. The number of rotatable bonds is 4. The van der Waals surface area contributed by atoms with E-state index in [1.165, 1.54) is 0 Å². The first-order valence-corrected chi connectivity index (χ1v) is 6.58. The molecule has 2 rings (SSSR count). The Morgan fingerprint density at radius 1 is 1.29 bits per heavy atom. The van der Waals surface area contributed by atoms with Gasteiger partial charge in [-0.2, -0.15) is 11.8 Å². The minimum absolute atomic E-state index is 0.245. The highest BCUT2D eigenvalue weighted by atomic mass is 32.2. The van der Waals surface area contributed by atoms with Gasteiger partial charge in [0.15, 0.2) is 0 Å². The van der Waals surface area contributed by atoms with Crippen LogP contribution in [0.2, 0.25) is 0 Å². The van der Waals surface area contributed by atoms with Crippen molar-refractivity contribution in [3.63, 3.8) is 0 Å². The van der Waals surface area contributed by atoms with Crippen LogP contribution in [0.4, 0.5) is 0 Å². The molecule has 4 nitrogen and oxygen atoms in total. The van der Waals surface area contributed by atoms with Crippen LogP contribution in [-0.2, 0) is 4.74 Å². The molecule has 1 aliphatic heterocycles. The van der Waals surface area contributed by atoms with Gasteiger partial charge >= 0.3 is 0 Å². The standard InChI is InChI=1S/C12H14N2O2S/c1-2-17-8-12-14-13-11(7-16-12)9-3-5-10(15)6-4-9/h3-6,15H,2,7-8H2,1H3. The van der Waals surface area contributed by atoms with Crippen molar-refractivity contribution in [3.8, 4) is 5.75 Å². The van der Waals surface area contributed by atoms with Crippen LogP contribution >= 0.6 is 11.8 Å². The molecule has 0 fully saturated rings. The summed E-state index contributed by atoms with van der Waals surface area (Å²) in [6, 6.07) is 6.87. The quantitative estimate of drug-likeness (QED) is 0.892. The van der Waals surface area contributed by atoms with E-state index in [4.69, 9.17) is 4.74 Å². The number of thioether (sulfide) groups is 1. The van der Waals surface area contributed by atoms with Crippen molar-refractivity contribution in [2.75, 3.05) is 18.1 Å². The SMILES string of the molecule is CCSCC1=NN=C(c2ccc(O)cc2)CO1. The molecule has 0 unspecified atom stereocenters. The van der Waals surface area contributed by atoms with Crippen molar-refractivity contribution in [1.29, 1.82) is 0 Å². The number of hydrogen-bond acceptors (Lipinski definition) is 5. The lowest BCUT2D eigenvalue weighted by atomic mass is 10.1. The van der Waals surface area contributed by atoms with Gasteiger partial charge < -0.3 is 9.84 Å². The topological polar surface area (TPSA) is 54.2 Å². The number of aromatic hydroxyl groups is 1. The highest BCUT2D eigenvalue weighted by Gasteiger charge is 2.12. The van der Waals surface area contributed by atoms with Gasteiger partial charge in [0.25, 0.3) is 0 Å². The summed E-state index contributed by atoms with van der Waals surface area (Å²) in [4.78, 5) is 0. The number of ether oxygens (including phenoxy) is 1. The van der Waals surface area contributed by atoms with E-state index in [1.54, 1.807) is 36.0 Å². The summed E-state index contributed by atoms with van der Waals surface area (Å²) in [6.45, 7) is 2.53. The van der Waals surface area contributed by atoms with E-state index in [1.807, 2.05) is 0 Å². The fourth-order valence-electron chi connectivity index (χ4n) is 1.38. The third-order valence-corrected chi connectivity index (χ3v) is 3.15. The first-order chi connectivity index (χ1) is 8.29. The Morgan fingerprint density at radius 3 is 2.65 bits per heavy atom. The van der Waals surface area contributed by atoms with E-state index in [9.17, 15) is 5.11 Å². The maximum Gasteiger partial charge on any atom is 0.219 e. The Bertz CT molecular complexity index is 440. The number of phenolic OH excluding ortho intramolecular Hbond substituents is 1. The smallest absolute Gasteiger partial charge is 0.219 e. The number of phenols is 1. The van der Waals surface area contributed by atoms with Crippen LogP contribution < -0.4 is 0 Å². The van der Waals surface area contributed by atoms with Gasteiger partial charge in [-0.3, -0.25) is 0 Å². The molecule has 0 aromatic heterocycles. The molecule has 0 aliphatic carbocycles. The molecule has 0 amide bonds. The fraction of sp³-hybridized carbons (Fsp3) is 0.333. The summed E-state index contributed by atoms with van der Waals surface area (Å²) in [5.41, 5.74) is 1.71. The predicted molar refractivity (Wildman–Crippen MR) is 71.0 cm³/mol. The van der Waals surface area contributed by atoms with Crippen LogP contribution in [0, 0.1) is 0 Å². The van der Waals surface area contributed by atoms with Crippen LogP contribution in [-0.4, -0.2) is 34.8 Å². The second-order valence-electron chi connectivity index (χ2n) is 3.51. The molecule has 0 bridgehead atoms. The van der Waals surface area contributed by atoms with Gasteiger partial charge in [-0.25, -0.2) is 0 Å². The molecule has 5 heteroatoms. The lowest BCUT2D eigenvalue weighted by Crippen LogP contribution is -2.20. The average molecular weight is 250 g/mol. The van der Waals surface area contributed by atoms with Gasteiger partial charge in [0.2, 0.25) is 5.90 Å². The molecule has 17 heavy (non-hydrogen) atoms. The molecule has 1 aromatic carbocycles. The van der Waals surface area contributed by atoms with Crippen molar-refractivity contribution in [2.45, 2.75) is 6.92 Å². The second kappa shape index (κ2) is 5.72. The molecule has 1 N–H and O–H groups in total. The molecule has 0 saturated carbocycles. The van der Waals surface area contributed by atoms with Gasteiger partial charge in [-0.05, 0) is 30.0 Å². The van der Waals surface area contributed by atoms with Crippen molar-refractivity contribution >= 4 is 23.4 Å². The Kier molecular flexibility index (Phi) is 4.03. The van der Waals surface area contributed by atoms with E-state index in [-0.39, 0.29) is 5.75 Å². The lowest BCUT2D eigenvalue weighted by Gasteiger charge is -2.13. The van der Waals surface area contributed by atoms with E-state index in [2.05, 4.69) is 17.1 Å². The van der Waals surface area contributed by atoms with Crippen LogP contribution in [0.3, 0.4) is 0 Å². The number of nitrogens with zero attached hydrogens (tertiary/aromatic N) is 2. The fourth-order valence-corrected chi connectivity index (χ4v) is 1.90. The first kappa shape index (κ1) is 12.0. The van der Waals surface area contributed by atoms with Crippen molar-refractivity contribution < 1.29 is 9.84 Å². The van der Waals surface area contributed by atoms with Crippen LogP contribution in [0.25, 0.3) is 0 Å². The number of benzene rings is 1. The Labute approximate surface area is 104 Å². The Morgan fingerprint density at radius 2 is 2.06 bits per heavy atom. The highest BCUT2D eigenvalue weighted by Crippen LogP contribution is 2.13. The lowest BCUT2D eigenvalue weighted by molar-refractivity contribution is 0.354. The molecule has 90 valence electrons. The molecule has 0 radical (unpaired) electrons. The molecule has 1 aliphatic rings. The van der Waals surface area contributed by atoms with Gasteiger partial charge in [0.05, 0.1) is 5.75 Å². The molecule has 0 spiro atoms. The molecular weight excluding hydrogens is 236 g/mol. The van der Waals surface area contributed by atoms with Crippen LogP contribution in [0.1, 0.15) is 12.5 Å². The molecule has 0 atom stereocenters. The van der Waals surface area contributed by atoms with Crippen molar-refractivity contribution in [3.05, 3.63) is 29.8 Å². The van der Waals surface area contributed by atoms with E-state index in [0.29, 0.717) is 12.5 Å². The van der Waals surface area contributed by atoms with Crippen molar-refractivity contribution in [1.82, 2.24) is 0 Å². The summed E-state index contributed by atoms with van der Waals surface area (Å²) in [5.74, 6) is 2.73. The Balaban J connectivity index is 2.06.